The van der Waals surface area contributed by atoms with Crippen LogP contribution in [0.3, 0.4) is 0 Å². The molecule has 3 aromatic carbocycles. The van der Waals surface area contributed by atoms with Crippen molar-refractivity contribution < 1.29 is 0 Å². The summed E-state index contributed by atoms with van der Waals surface area (Å²) < 4.78 is 0. The molecule has 4 rings (SSSR count). The normalized spacial score (nSPS) is 13.6. The van der Waals surface area contributed by atoms with E-state index in [0.29, 0.717) is 0 Å². The molecule has 0 amide bonds. The highest BCUT2D eigenvalue weighted by Crippen LogP contribution is 2.51. The molecule has 0 bridgehead atoms. The molecule has 1 aliphatic carbocycles. The van der Waals surface area contributed by atoms with Crippen LogP contribution in [0.1, 0.15) is 25.0 Å². The first-order valence-corrected chi connectivity index (χ1v) is 13.9. The molecule has 23 heavy (non-hydrogen) atoms. The second-order valence-corrected chi connectivity index (χ2v) is 6.26. The molecule has 116 valence electrons. The summed E-state index contributed by atoms with van der Waals surface area (Å²) in [5.41, 5.74) is 8.37. The summed E-state index contributed by atoms with van der Waals surface area (Å²) in [7, 11) is 0. The molecule has 3 aromatic rings. The second kappa shape index (κ2) is 6.93. The summed E-state index contributed by atoms with van der Waals surface area (Å²) in [6.07, 6.45) is 0. The van der Waals surface area contributed by atoms with Crippen LogP contribution in [0.25, 0.3) is 22.3 Å². The van der Waals surface area contributed by atoms with Gasteiger partial charge in [0.05, 0.1) is 0 Å². The zero-order chi connectivity index (χ0) is 16.4. The van der Waals surface area contributed by atoms with Gasteiger partial charge in [-0.2, -0.15) is 0 Å². The highest BCUT2D eigenvalue weighted by atomic mass is 128. The topological polar surface area (TPSA) is 0 Å². The van der Waals surface area contributed by atoms with E-state index in [2.05, 4.69) is 124 Å². The van der Waals surface area contributed by atoms with Crippen molar-refractivity contribution in [3.8, 4) is 22.3 Å². The van der Waals surface area contributed by atoms with Crippen LogP contribution in [0.4, 0.5) is 0 Å². The lowest BCUT2D eigenvalue weighted by Gasteiger charge is -2.24. The van der Waals surface area contributed by atoms with Crippen molar-refractivity contribution in [2.75, 3.05) is 0 Å². The van der Waals surface area contributed by atoms with Crippen molar-refractivity contribution >= 4 is 37.2 Å². The minimum atomic E-state index is 0.0539. The summed E-state index contributed by atoms with van der Waals surface area (Å²) >= 11 is 4.24. The standard InChI is InChI=1S/C21H18.I2/c1-21(2)19-14-7-6-11-17(19)18-13-8-12-16(20(18)21)15-9-4-3-5-10-15;1-2/h3-14H,1-2H3;. The third-order valence-electron chi connectivity index (χ3n) is 4.66. The lowest BCUT2D eigenvalue weighted by Crippen LogP contribution is -2.16. The molecule has 0 saturated carbocycles. The van der Waals surface area contributed by atoms with Gasteiger partial charge < -0.3 is 0 Å². The Morgan fingerprint density at radius 2 is 1.17 bits per heavy atom. The number of hydrogen-bond donors (Lipinski definition) is 0. The highest BCUT2D eigenvalue weighted by molar-refractivity contribution is 15.0. The molecule has 0 radical (unpaired) electrons. The van der Waals surface area contributed by atoms with Crippen LogP contribution in [-0.4, -0.2) is 0 Å². The van der Waals surface area contributed by atoms with E-state index < -0.39 is 0 Å². The smallest absolute Gasteiger partial charge is 0.0165 e. The van der Waals surface area contributed by atoms with Gasteiger partial charge in [-0.05, 0) is 33.4 Å². The molecule has 0 aliphatic heterocycles. The maximum atomic E-state index is 2.34. The van der Waals surface area contributed by atoms with E-state index in [4.69, 9.17) is 0 Å². The van der Waals surface area contributed by atoms with Crippen LogP contribution in [0.15, 0.2) is 72.8 Å². The van der Waals surface area contributed by atoms with Gasteiger partial charge in [0.25, 0.3) is 0 Å². The zero-order valence-corrected chi connectivity index (χ0v) is 17.5. The number of fused-ring (bicyclic) bond motifs is 3. The Bertz CT molecular complexity index is 820. The molecule has 0 spiro atoms. The van der Waals surface area contributed by atoms with Gasteiger partial charge in [-0.25, -0.2) is 0 Å². The number of hydrogen-bond acceptors (Lipinski definition) is 0. The van der Waals surface area contributed by atoms with E-state index in [9.17, 15) is 0 Å². The quantitative estimate of drug-likeness (QED) is 0.291. The molecular formula is C21H18I2. The van der Waals surface area contributed by atoms with Crippen molar-refractivity contribution in [3.63, 3.8) is 0 Å². The average molecular weight is 524 g/mol. The molecule has 0 fully saturated rings. The van der Waals surface area contributed by atoms with Gasteiger partial charge in [0.15, 0.2) is 0 Å². The molecule has 0 N–H and O–H groups in total. The Hall–Kier alpha value is -0.880. The molecule has 2 heteroatoms. The minimum absolute atomic E-state index is 0.0539. The van der Waals surface area contributed by atoms with E-state index in [1.807, 2.05) is 0 Å². The van der Waals surface area contributed by atoms with Crippen LogP contribution in [-0.2, 0) is 5.41 Å². The maximum Gasteiger partial charge on any atom is 0.0165 e. The maximum absolute atomic E-state index is 2.34. The lowest BCUT2D eigenvalue weighted by atomic mass is 9.79. The van der Waals surface area contributed by atoms with Crippen LogP contribution in [0.2, 0.25) is 0 Å². The van der Waals surface area contributed by atoms with Gasteiger partial charge in [-0.15, -0.1) is 0 Å². The van der Waals surface area contributed by atoms with E-state index in [-0.39, 0.29) is 5.41 Å². The third kappa shape index (κ3) is 2.84. The average Bonchev–Trinajstić information content (AvgIpc) is 2.86. The minimum Gasteiger partial charge on any atom is -0.0622 e. The van der Waals surface area contributed by atoms with Crippen LogP contribution in [0.5, 0.6) is 0 Å². The fourth-order valence-corrected chi connectivity index (χ4v) is 3.71. The number of rotatable bonds is 1. The fourth-order valence-electron chi connectivity index (χ4n) is 3.71. The fraction of sp³-hybridized carbons (Fsp3) is 0.143. The van der Waals surface area contributed by atoms with E-state index in [0.717, 1.165) is 0 Å². The van der Waals surface area contributed by atoms with Crippen molar-refractivity contribution in [1.82, 2.24) is 0 Å². The summed E-state index contributed by atoms with van der Waals surface area (Å²) in [6.45, 7) is 4.67. The van der Waals surface area contributed by atoms with Crippen LogP contribution < -0.4 is 0 Å². The predicted molar refractivity (Wildman–Crippen MR) is 117 cm³/mol. The molecule has 0 nitrogen and oxygen atoms in total. The molecule has 0 atom stereocenters. The SMILES string of the molecule is CC1(C)c2ccccc2-c2cccc(-c3ccccc3)c21.II. The second-order valence-electron chi connectivity index (χ2n) is 6.26. The van der Waals surface area contributed by atoms with Crippen molar-refractivity contribution in [2.45, 2.75) is 19.3 Å². The van der Waals surface area contributed by atoms with E-state index in [1.54, 1.807) is 0 Å². The van der Waals surface area contributed by atoms with E-state index >= 15 is 0 Å². The summed E-state index contributed by atoms with van der Waals surface area (Å²) in [5.74, 6) is 0. The summed E-state index contributed by atoms with van der Waals surface area (Å²) in [4.78, 5) is 0. The molecule has 0 heterocycles. The largest absolute Gasteiger partial charge is 0.0622 e. The van der Waals surface area contributed by atoms with Crippen molar-refractivity contribution in [2.24, 2.45) is 0 Å². The first-order valence-electron chi connectivity index (χ1n) is 7.62. The number of benzene rings is 3. The van der Waals surface area contributed by atoms with Gasteiger partial charge in [-0.3, -0.25) is 0 Å². The Morgan fingerprint density at radius 1 is 0.609 bits per heavy atom. The molecule has 0 aromatic heterocycles. The molecule has 0 saturated heterocycles. The molecule has 0 unspecified atom stereocenters. The molecule has 1 aliphatic rings. The van der Waals surface area contributed by atoms with Gasteiger partial charge in [0.2, 0.25) is 0 Å². The monoisotopic (exact) mass is 524 g/mol. The zero-order valence-electron chi connectivity index (χ0n) is 13.2. The van der Waals surface area contributed by atoms with Crippen LogP contribution >= 0.6 is 37.2 Å². The predicted octanol–water partition coefficient (Wildman–Crippen LogP) is 7.43. The van der Waals surface area contributed by atoms with Gasteiger partial charge in [0, 0.05) is 42.6 Å². The van der Waals surface area contributed by atoms with E-state index in [1.165, 1.54) is 33.4 Å². The summed E-state index contributed by atoms with van der Waals surface area (Å²) in [5, 5.41) is 0. The molecular weight excluding hydrogens is 506 g/mol. The highest BCUT2D eigenvalue weighted by Gasteiger charge is 2.36. The van der Waals surface area contributed by atoms with Gasteiger partial charge in [0.1, 0.15) is 0 Å². The Balaban J connectivity index is 0.000000753. The van der Waals surface area contributed by atoms with Gasteiger partial charge >= 0.3 is 0 Å². The number of halogens is 2. The summed E-state index contributed by atoms with van der Waals surface area (Å²) in [6, 6.07) is 26.2. The van der Waals surface area contributed by atoms with Gasteiger partial charge in [-0.1, -0.05) is 86.6 Å². The van der Waals surface area contributed by atoms with Crippen molar-refractivity contribution in [1.29, 1.82) is 0 Å². The van der Waals surface area contributed by atoms with Crippen LogP contribution in [0, 0.1) is 0 Å². The van der Waals surface area contributed by atoms with Crippen molar-refractivity contribution in [3.05, 3.63) is 83.9 Å². The third-order valence-corrected chi connectivity index (χ3v) is 4.66. The Morgan fingerprint density at radius 3 is 1.91 bits per heavy atom. The Kier molecular flexibility index (Phi) is 5.11. The first kappa shape index (κ1) is 17.0. The lowest BCUT2D eigenvalue weighted by molar-refractivity contribution is 0.662. The first-order chi connectivity index (χ1) is 11.2. The Labute approximate surface area is 161 Å².